The molecule has 1 heterocycles. The van der Waals surface area contributed by atoms with Crippen molar-refractivity contribution in [2.45, 2.75) is 31.6 Å². The first-order chi connectivity index (χ1) is 7.33. The lowest BCUT2D eigenvalue weighted by molar-refractivity contribution is 0.309. The molecule has 3 rings (SSSR count). The minimum absolute atomic E-state index is 0.473. The highest BCUT2D eigenvalue weighted by Crippen LogP contribution is 2.69. The Bertz CT molecular complexity index is 359. The summed E-state index contributed by atoms with van der Waals surface area (Å²) in [6, 6.07) is 11.1. The summed E-state index contributed by atoms with van der Waals surface area (Å²) in [7, 11) is 0. The van der Waals surface area contributed by atoms with Crippen LogP contribution >= 0.6 is 0 Å². The lowest BCUT2D eigenvalue weighted by Gasteiger charge is -2.31. The van der Waals surface area contributed by atoms with Gasteiger partial charge in [-0.1, -0.05) is 37.3 Å². The molecule has 0 bridgehead atoms. The number of benzene rings is 1. The quantitative estimate of drug-likeness (QED) is 0.775. The van der Waals surface area contributed by atoms with Crippen molar-refractivity contribution >= 4 is 0 Å². The molecular weight excluding hydrogens is 182 g/mol. The first kappa shape index (κ1) is 9.41. The summed E-state index contributed by atoms with van der Waals surface area (Å²) >= 11 is 0. The van der Waals surface area contributed by atoms with Gasteiger partial charge in [0, 0.05) is 12.0 Å². The Hall–Kier alpha value is -0.820. The van der Waals surface area contributed by atoms with E-state index in [1.165, 1.54) is 32.4 Å². The molecule has 0 amide bonds. The summed E-state index contributed by atoms with van der Waals surface area (Å²) in [6.07, 6.45) is 4.09. The number of rotatable bonds is 2. The zero-order chi connectivity index (χ0) is 10.4. The predicted molar refractivity (Wildman–Crippen MR) is 62.9 cm³/mol. The van der Waals surface area contributed by atoms with Crippen LogP contribution in [0, 0.1) is 5.41 Å². The molecule has 1 aliphatic carbocycles. The molecule has 1 heteroatoms. The van der Waals surface area contributed by atoms with Crippen molar-refractivity contribution in [2.75, 3.05) is 13.1 Å². The van der Waals surface area contributed by atoms with Gasteiger partial charge < -0.3 is 5.32 Å². The topological polar surface area (TPSA) is 12.0 Å². The Balaban J connectivity index is 1.99. The second-order valence-corrected chi connectivity index (χ2v) is 5.19. The third-order valence-corrected chi connectivity index (χ3v) is 4.74. The maximum Gasteiger partial charge on any atom is 0.0140 e. The molecule has 2 aliphatic rings. The van der Waals surface area contributed by atoms with Crippen LogP contribution in [0.1, 0.15) is 31.7 Å². The molecule has 2 fully saturated rings. The van der Waals surface area contributed by atoms with Gasteiger partial charge in [-0.05, 0) is 36.8 Å². The normalized spacial score (nSPS) is 38.5. The van der Waals surface area contributed by atoms with Gasteiger partial charge in [-0.3, -0.25) is 0 Å². The summed E-state index contributed by atoms with van der Waals surface area (Å²) in [5, 5.41) is 3.57. The van der Waals surface area contributed by atoms with E-state index in [-0.39, 0.29) is 0 Å². The standard InChI is InChI=1S/C14H19N/c1-2-13-8-9-15-11-14(13,10-13)12-6-4-3-5-7-12/h3-7,15H,2,8-11H2,1H3/t13-,14-/m0/s1. The van der Waals surface area contributed by atoms with Crippen molar-refractivity contribution < 1.29 is 0 Å². The highest BCUT2D eigenvalue weighted by molar-refractivity contribution is 5.39. The Morgan fingerprint density at radius 2 is 2.07 bits per heavy atom. The lowest BCUT2D eigenvalue weighted by atomic mass is 9.80. The van der Waals surface area contributed by atoms with Crippen molar-refractivity contribution in [2.24, 2.45) is 5.41 Å². The first-order valence-corrected chi connectivity index (χ1v) is 6.09. The Labute approximate surface area is 91.9 Å². The van der Waals surface area contributed by atoms with Crippen molar-refractivity contribution in [3.8, 4) is 0 Å². The van der Waals surface area contributed by atoms with E-state index < -0.39 is 0 Å². The van der Waals surface area contributed by atoms with E-state index in [0.717, 1.165) is 0 Å². The maximum atomic E-state index is 3.57. The number of piperidine rings is 1. The summed E-state index contributed by atoms with van der Waals surface area (Å²) in [5.41, 5.74) is 2.65. The van der Waals surface area contributed by atoms with Crippen LogP contribution < -0.4 is 5.32 Å². The van der Waals surface area contributed by atoms with Gasteiger partial charge in [0.2, 0.25) is 0 Å². The zero-order valence-electron chi connectivity index (χ0n) is 9.42. The second kappa shape index (κ2) is 3.08. The SMILES string of the molecule is CC[C@@]12CCNC[C@]1(c1ccccc1)C2. The van der Waals surface area contributed by atoms with E-state index in [4.69, 9.17) is 0 Å². The van der Waals surface area contributed by atoms with Gasteiger partial charge >= 0.3 is 0 Å². The average Bonchev–Trinajstić information content (AvgIpc) is 3.01. The molecule has 1 aromatic carbocycles. The summed E-state index contributed by atoms with van der Waals surface area (Å²) in [4.78, 5) is 0. The number of nitrogens with one attached hydrogen (secondary N) is 1. The molecule has 2 atom stereocenters. The zero-order valence-corrected chi connectivity index (χ0v) is 9.42. The lowest BCUT2D eigenvalue weighted by Crippen LogP contribution is -2.38. The smallest absolute Gasteiger partial charge is 0.0140 e. The van der Waals surface area contributed by atoms with E-state index in [1.54, 1.807) is 5.56 Å². The highest BCUT2D eigenvalue weighted by atomic mass is 15.0. The van der Waals surface area contributed by atoms with Gasteiger partial charge in [-0.25, -0.2) is 0 Å². The largest absolute Gasteiger partial charge is 0.316 e. The van der Waals surface area contributed by atoms with E-state index in [0.29, 0.717) is 10.8 Å². The third kappa shape index (κ3) is 1.13. The molecule has 1 aliphatic heterocycles. The first-order valence-electron chi connectivity index (χ1n) is 6.09. The van der Waals surface area contributed by atoms with Gasteiger partial charge in [0.15, 0.2) is 0 Å². The minimum atomic E-state index is 0.473. The van der Waals surface area contributed by atoms with Gasteiger partial charge in [-0.15, -0.1) is 0 Å². The fourth-order valence-electron chi connectivity index (χ4n) is 3.65. The van der Waals surface area contributed by atoms with Gasteiger partial charge in [0.25, 0.3) is 0 Å². The number of hydrogen-bond acceptors (Lipinski definition) is 1. The van der Waals surface area contributed by atoms with Crippen LogP contribution in [-0.4, -0.2) is 13.1 Å². The second-order valence-electron chi connectivity index (χ2n) is 5.19. The maximum absolute atomic E-state index is 3.57. The van der Waals surface area contributed by atoms with E-state index in [9.17, 15) is 0 Å². The molecule has 1 saturated carbocycles. The molecule has 80 valence electrons. The minimum Gasteiger partial charge on any atom is -0.316 e. The van der Waals surface area contributed by atoms with Crippen LogP contribution in [0.4, 0.5) is 0 Å². The molecule has 1 nitrogen and oxygen atoms in total. The summed E-state index contributed by atoms with van der Waals surface area (Å²) in [5.74, 6) is 0. The molecule has 0 radical (unpaired) electrons. The fourth-order valence-corrected chi connectivity index (χ4v) is 3.65. The fraction of sp³-hybridized carbons (Fsp3) is 0.571. The van der Waals surface area contributed by atoms with Crippen LogP contribution in [0.15, 0.2) is 30.3 Å². The van der Waals surface area contributed by atoms with Gasteiger partial charge in [-0.2, -0.15) is 0 Å². The average molecular weight is 201 g/mol. The highest BCUT2D eigenvalue weighted by Gasteiger charge is 2.66. The summed E-state index contributed by atoms with van der Waals surface area (Å²) in [6.45, 7) is 4.75. The van der Waals surface area contributed by atoms with Crippen LogP contribution in [0.5, 0.6) is 0 Å². The number of fused-ring (bicyclic) bond motifs is 1. The molecule has 15 heavy (non-hydrogen) atoms. The van der Waals surface area contributed by atoms with Crippen molar-refractivity contribution in [1.29, 1.82) is 0 Å². The Kier molecular flexibility index (Phi) is 1.93. The van der Waals surface area contributed by atoms with Gasteiger partial charge in [0.1, 0.15) is 0 Å². The number of hydrogen-bond donors (Lipinski definition) is 1. The van der Waals surface area contributed by atoms with E-state index >= 15 is 0 Å². The van der Waals surface area contributed by atoms with E-state index in [2.05, 4.69) is 42.6 Å². The van der Waals surface area contributed by atoms with Crippen LogP contribution in [0.3, 0.4) is 0 Å². The van der Waals surface area contributed by atoms with Crippen molar-refractivity contribution in [3.63, 3.8) is 0 Å². The predicted octanol–water partition coefficient (Wildman–Crippen LogP) is 2.72. The Morgan fingerprint density at radius 3 is 2.80 bits per heavy atom. The van der Waals surface area contributed by atoms with E-state index in [1.807, 2.05) is 0 Å². The third-order valence-electron chi connectivity index (χ3n) is 4.74. The molecule has 0 unspecified atom stereocenters. The van der Waals surface area contributed by atoms with Crippen molar-refractivity contribution in [1.82, 2.24) is 5.32 Å². The van der Waals surface area contributed by atoms with Crippen molar-refractivity contribution in [3.05, 3.63) is 35.9 Å². The van der Waals surface area contributed by atoms with Crippen LogP contribution in [0.2, 0.25) is 0 Å². The molecule has 1 aromatic rings. The molecule has 0 aromatic heterocycles. The van der Waals surface area contributed by atoms with Crippen LogP contribution in [0.25, 0.3) is 0 Å². The molecule has 1 N–H and O–H groups in total. The monoisotopic (exact) mass is 201 g/mol. The summed E-state index contributed by atoms with van der Waals surface area (Å²) < 4.78 is 0. The molecular formula is C14H19N. The van der Waals surface area contributed by atoms with Crippen LogP contribution in [-0.2, 0) is 5.41 Å². The Morgan fingerprint density at radius 1 is 1.27 bits per heavy atom. The molecule has 0 spiro atoms. The van der Waals surface area contributed by atoms with Gasteiger partial charge in [0.05, 0.1) is 0 Å². The molecule has 1 saturated heterocycles.